The third kappa shape index (κ3) is 4.33. The van der Waals surface area contributed by atoms with Gasteiger partial charge in [0, 0.05) is 12.6 Å². The fourth-order valence-electron chi connectivity index (χ4n) is 2.22. The Balaban J connectivity index is 1.68. The van der Waals surface area contributed by atoms with Crippen molar-refractivity contribution < 1.29 is 0 Å². The summed E-state index contributed by atoms with van der Waals surface area (Å²) in [4.78, 5) is 2.51. The van der Waals surface area contributed by atoms with Crippen LogP contribution in [0.1, 0.15) is 24.8 Å². The highest BCUT2D eigenvalue weighted by Crippen LogP contribution is 2.09. The van der Waals surface area contributed by atoms with Gasteiger partial charge in [0.15, 0.2) is 0 Å². The second-order valence-corrected chi connectivity index (χ2v) is 4.78. The number of nitrogens with two attached hydrogens (primary N) is 1. The predicted molar refractivity (Wildman–Crippen MR) is 73.7 cm³/mol. The molecule has 2 nitrogen and oxygen atoms in total. The van der Waals surface area contributed by atoms with Crippen molar-refractivity contribution in [3.05, 3.63) is 42.0 Å². The van der Waals surface area contributed by atoms with Gasteiger partial charge >= 0.3 is 0 Å². The standard InChI is InChI=1S/C15H22N2/c16-15-9-12-17(13-10-15)11-5-4-8-14-6-2-1-3-7-14/h1-4,6-8,15H,5,9-13,16H2/b8-4-. The third-order valence-corrected chi connectivity index (χ3v) is 3.35. The molecule has 2 N–H and O–H groups in total. The summed E-state index contributed by atoms with van der Waals surface area (Å²) in [7, 11) is 0. The van der Waals surface area contributed by atoms with Crippen molar-refractivity contribution in [1.82, 2.24) is 4.90 Å². The molecule has 0 radical (unpaired) electrons. The van der Waals surface area contributed by atoms with Crippen LogP contribution in [0.3, 0.4) is 0 Å². The van der Waals surface area contributed by atoms with Crippen LogP contribution in [0.5, 0.6) is 0 Å². The zero-order valence-electron chi connectivity index (χ0n) is 10.4. The van der Waals surface area contributed by atoms with Crippen LogP contribution >= 0.6 is 0 Å². The predicted octanol–water partition coefficient (Wildman–Crippen LogP) is 2.51. The topological polar surface area (TPSA) is 29.3 Å². The lowest BCUT2D eigenvalue weighted by atomic mass is 10.1. The summed E-state index contributed by atoms with van der Waals surface area (Å²) in [5.41, 5.74) is 7.17. The maximum atomic E-state index is 5.89. The van der Waals surface area contributed by atoms with Gasteiger partial charge in [0.1, 0.15) is 0 Å². The Morgan fingerprint density at radius 3 is 2.59 bits per heavy atom. The van der Waals surface area contributed by atoms with Crippen LogP contribution < -0.4 is 5.73 Å². The average molecular weight is 230 g/mol. The highest BCUT2D eigenvalue weighted by Gasteiger charge is 2.14. The summed E-state index contributed by atoms with van der Waals surface area (Å²) in [6.45, 7) is 3.50. The number of nitrogens with zero attached hydrogens (tertiary/aromatic N) is 1. The first kappa shape index (κ1) is 12.3. The maximum Gasteiger partial charge on any atom is 0.00631 e. The van der Waals surface area contributed by atoms with Crippen molar-refractivity contribution >= 4 is 6.08 Å². The maximum absolute atomic E-state index is 5.89. The molecule has 1 aliphatic heterocycles. The highest BCUT2D eigenvalue weighted by molar-refractivity contribution is 5.48. The summed E-state index contributed by atoms with van der Waals surface area (Å²) in [5.74, 6) is 0. The second-order valence-electron chi connectivity index (χ2n) is 4.78. The molecule has 2 rings (SSSR count). The molecule has 17 heavy (non-hydrogen) atoms. The molecule has 1 aromatic carbocycles. The molecule has 92 valence electrons. The van der Waals surface area contributed by atoms with E-state index in [1.807, 2.05) is 6.07 Å². The monoisotopic (exact) mass is 230 g/mol. The molecule has 1 aromatic rings. The summed E-state index contributed by atoms with van der Waals surface area (Å²) in [6.07, 6.45) is 7.91. The van der Waals surface area contributed by atoms with Gasteiger partial charge in [-0.1, -0.05) is 42.5 Å². The van der Waals surface area contributed by atoms with Crippen LogP contribution in [-0.4, -0.2) is 30.6 Å². The van der Waals surface area contributed by atoms with Crippen molar-refractivity contribution in [2.45, 2.75) is 25.3 Å². The Morgan fingerprint density at radius 2 is 1.88 bits per heavy atom. The van der Waals surface area contributed by atoms with Crippen molar-refractivity contribution in [2.75, 3.05) is 19.6 Å². The molecule has 1 heterocycles. The largest absolute Gasteiger partial charge is 0.328 e. The van der Waals surface area contributed by atoms with E-state index in [-0.39, 0.29) is 0 Å². The van der Waals surface area contributed by atoms with Crippen molar-refractivity contribution in [3.8, 4) is 0 Å². The lowest BCUT2D eigenvalue weighted by molar-refractivity contribution is 0.217. The van der Waals surface area contributed by atoms with Crippen molar-refractivity contribution in [1.29, 1.82) is 0 Å². The number of rotatable bonds is 4. The first-order chi connectivity index (χ1) is 8.34. The Hall–Kier alpha value is -1.12. The van der Waals surface area contributed by atoms with E-state index < -0.39 is 0 Å². The molecular weight excluding hydrogens is 208 g/mol. The van der Waals surface area contributed by atoms with Gasteiger partial charge in [-0.15, -0.1) is 0 Å². The molecule has 0 unspecified atom stereocenters. The van der Waals surface area contributed by atoms with Gasteiger partial charge in [0.25, 0.3) is 0 Å². The van der Waals surface area contributed by atoms with Gasteiger partial charge < -0.3 is 10.6 Å². The van der Waals surface area contributed by atoms with Gasteiger partial charge in [-0.25, -0.2) is 0 Å². The summed E-state index contributed by atoms with van der Waals surface area (Å²) >= 11 is 0. The van der Waals surface area contributed by atoms with Crippen LogP contribution in [0.15, 0.2) is 36.4 Å². The van der Waals surface area contributed by atoms with Crippen LogP contribution in [0.25, 0.3) is 6.08 Å². The van der Waals surface area contributed by atoms with E-state index in [1.165, 1.54) is 18.7 Å². The minimum atomic E-state index is 0.436. The Morgan fingerprint density at radius 1 is 1.18 bits per heavy atom. The fourth-order valence-corrected chi connectivity index (χ4v) is 2.22. The van der Waals surface area contributed by atoms with Gasteiger partial charge in [-0.05, 0) is 37.9 Å². The van der Waals surface area contributed by atoms with E-state index in [0.717, 1.165) is 25.8 Å². The molecule has 1 fully saturated rings. The van der Waals surface area contributed by atoms with Crippen LogP contribution in [0, 0.1) is 0 Å². The highest BCUT2D eigenvalue weighted by atomic mass is 15.1. The number of hydrogen-bond donors (Lipinski definition) is 1. The lowest BCUT2D eigenvalue weighted by Crippen LogP contribution is -2.39. The molecule has 1 aliphatic rings. The van der Waals surface area contributed by atoms with Gasteiger partial charge in [0.2, 0.25) is 0 Å². The Bertz CT molecular complexity index is 337. The van der Waals surface area contributed by atoms with Crippen LogP contribution in [0.4, 0.5) is 0 Å². The first-order valence-electron chi connectivity index (χ1n) is 6.54. The van der Waals surface area contributed by atoms with Gasteiger partial charge in [-0.3, -0.25) is 0 Å². The summed E-state index contributed by atoms with van der Waals surface area (Å²) < 4.78 is 0. The minimum absolute atomic E-state index is 0.436. The molecule has 0 aliphatic carbocycles. The number of piperidine rings is 1. The molecule has 0 atom stereocenters. The molecule has 0 amide bonds. The molecule has 0 bridgehead atoms. The molecule has 2 heteroatoms. The zero-order valence-corrected chi connectivity index (χ0v) is 10.4. The zero-order chi connectivity index (χ0) is 11.9. The summed E-state index contributed by atoms with van der Waals surface area (Å²) in [5, 5.41) is 0. The number of likely N-dealkylation sites (tertiary alicyclic amines) is 1. The van der Waals surface area contributed by atoms with Gasteiger partial charge in [0.05, 0.1) is 0 Å². The van der Waals surface area contributed by atoms with Crippen molar-refractivity contribution in [3.63, 3.8) is 0 Å². The van der Waals surface area contributed by atoms with E-state index in [4.69, 9.17) is 5.73 Å². The first-order valence-corrected chi connectivity index (χ1v) is 6.54. The van der Waals surface area contributed by atoms with Crippen LogP contribution in [0.2, 0.25) is 0 Å². The quantitative estimate of drug-likeness (QED) is 0.861. The van der Waals surface area contributed by atoms with E-state index >= 15 is 0 Å². The molecule has 0 aromatic heterocycles. The SMILES string of the molecule is NC1CCN(CC/C=C\c2ccccc2)CC1. The molecule has 1 saturated heterocycles. The average Bonchev–Trinajstić information content (AvgIpc) is 2.38. The third-order valence-electron chi connectivity index (χ3n) is 3.35. The molecular formula is C15H22N2. The second kappa shape index (κ2) is 6.58. The number of benzene rings is 1. The van der Waals surface area contributed by atoms with Crippen LogP contribution in [-0.2, 0) is 0 Å². The number of hydrogen-bond acceptors (Lipinski definition) is 2. The van der Waals surface area contributed by atoms with E-state index in [2.05, 4.69) is 41.3 Å². The normalized spacial score (nSPS) is 18.9. The lowest BCUT2D eigenvalue weighted by Gasteiger charge is -2.29. The Labute approximate surface area is 104 Å². The fraction of sp³-hybridized carbons (Fsp3) is 0.467. The van der Waals surface area contributed by atoms with E-state index in [0.29, 0.717) is 6.04 Å². The molecule has 0 spiro atoms. The van der Waals surface area contributed by atoms with Gasteiger partial charge in [-0.2, -0.15) is 0 Å². The smallest absolute Gasteiger partial charge is 0.00631 e. The minimum Gasteiger partial charge on any atom is -0.328 e. The van der Waals surface area contributed by atoms with Crippen molar-refractivity contribution in [2.24, 2.45) is 5.73 Å². The van der Waals surface area contributed by atoms with E-state index in [9.17, 15) is 0 Å². The van der Waals surface area contributed by atoms with E-state index in [1.54, 1.807) is 0 Å². The summed E-state index contributed by atoms with van der Waals surface area (Å²) in [6, 6.07) is 10.9. The Kier molecular flexibility index (Phi) is 4.77. The molecule has 0 saturated carbocycles.